The maximum absolute atomic E-state index is 12.1. The highest BCUT2D eigenvalue weighted by atomic mass is 16.5. The number of nitrogens with zero attached hydrogens (tertiary/aromatic N) is 2. The van der Waals surface area contributed by atoms with Crippen molar-refractivity contribution >= 4 is 11.8 Å². The molecule has 0 radical (unpaired) electrons. The number of nitrogens with one attached hydrogen (secondary N) is 1. The SMILES string of the molecule is CC(CN)CNC(=O)C1CC(=O)N(CCN2CCOCC2)C1. The van der Waals surface area contributed by atoms with Gasteiger partial charge in [0.15, 0.2) is 0 Å². The van der Waals surface area contributed by atoms with E-state index in [1.807, 2.05) is 11.8 Å². The van der Waals surface area contributed by atoms with Crippen LogP contribution in [0.25, 0.3) is 0 Å². The largest absolute Gasteiger partial charge is 0.379 e. The molecule has 126 valence electrons. The fraction of sp³-hybridized carbons (Fsp3) is 0.867. The molecule has 2 aliphatic rings. The molecule has 0 saturated carbocycles. The number of hydrogen-bond acceptors (Lipinski definition) is 5. The quantitative estimate of drug-likeness (QED) is 0.622. The molecule has 2 atom stereocenters. The molecule has 0 aliphatic carbocycles. The fourth-order valence-electron chi connectivity index (χ4n) is 2.75. The Hall–Kier alpha value is -1.18. The zero-order valence-electron chi connectivity index (χ0n) is 13.4. The van der Waals surface area contributed by atoms with Gasteiger partial charge in [-0.05, 0) is 12.5 Å². The minimum absolute atomic E-state index is 0.0254. The van der Waals surface area contributed by atoms with Crippen molar-refractivity contribution in [3.63, 3.8) is 0 Å². The first-order chi connectivity index (χ1) is 10.6. The second-order valence-corrected chi connectivity index (χ2v) is 6.28. The molecule has 2 amide bonds. The molecule has 0 aromatic carbocycles. The first-order valence-corrected chi connectivity index (χ1v) is 8.15. The summed E-state index contributed by atoms with van der Waals surface area (Å²) in [6, 6.07) is 0. The summed E-state index contributed by atoms with van der Waals surface area (Å²) in [5.41, 5.74) is 5.54. The third-order valence-electron chi connectivity index (χ3n) is 4.40. The van der Waals surface area contributed by atoms with Crippen molar-refractivity contribution in [3.05, 3.63) is 0 Å². The van der Waals surface area contributed by atoms with Crippen LogP contribution in [0.2, 0.25) is 0 Å². The Morgan fingerprint density at radius 2 is 2.14 bits per heavy atom. The summed E-state index contributed by atoms with van der Waals surface area (Å²) >= 11 is 0. The fourth-order valence-corrected chi connectivity index (χ4v) is 2.75. The van der Waals surface area contributed by atoms with E-state index in [2.05, 4.69) is 10.2 Å². The minimum atomic E-state index is -0.220. The number of ether oxygens (including phenoxy) is 1. The van der Waals surface area contributed by atoms with Gasteiger partial charge in [-0.15, -0.1) is 0 Å². The van der Waals surface area contributed by atoms with Crippen molar-refractivity contribution in [1.29, 1.82) is 0 Å². The van der Waals surface area contributed by atoms with Crippen LogP contribution in [0.5, 0.6) is 0 Å². The Kier molecular flexibility index (Phi) is 6.60. The van der Waals surface area contributed by atoms with Crippen molar-refractivity contribution in [3.8, 4) is 0 Å². The lowest BCUT2D eigenvalue weighted by Crippen LogP contribution is -2.42. The normalized spacial score (nSPS) is 24.5. The molecular formula is C15H28N4O3. The predicted octanol–water partition coefficient (Wildman–Crippen LogP) is -1.12. The molecule has 2 aliphatic heterocycles. The third kappa shape index (κ3) is 4.93. The molecule has 22 heavy (non-hydrogen) atoms. The number of hydrogen-bond donors (Lipinski definition) is 2. The van der Waals surface area contributed by atoms with Crippen LogP contribution in [0.1, 0.15) is 13.3 Å². The van der Waals surface area contributed by atoms with Gasteiger partial charge in [-0.2, -0.15) is 0 Å². The highest BCUT2D eigenvalue weighted by molar-refractivity contribution is 5.89. The predicted molar refractivity (Wildman–Crippen MR) is 83.2 cm³/mol. The van der Waals surface area contributed by atoms with Gasteiger partial charge in [-0.25, -0.2) is 0 Å². The van der Waals surface area contributed by atoms with Crippen LogP contribution >= 0.6 is 0 Å². The second kappa shape index (κ2) is 8.45. The molecular weight excluding hydrogens is 284 g/mol. The molecule has 3 N–H and O–H groups in total. The van der Waals surface area contributed by atoms with Crippen LogP contribution < -0.4 is 11.1 Å². The summed E-state index contributed by atoms with van der Waals surface area (Å²) in [6.45, 7) is 8.57. The monoisotopic (exact) mass is 312 g/mol. The summed E-state index contributed by atoms with van der Waals surface area (Å²) in [5, 5.41) is 2.90. The van der Waals surface area contributed by atoms with E-state index in [1.54, 1.807) is 0 Å². The van der Waals surface area contributed by atoms with E-state index in [-0.39, 0.29) is 23.7 Å². The van der Waals surface area contributed by atoms with E-state index in [0.717, 1.165) is 32.8 Å². The van der Waals surface area contributed by atoms with Gasteiger partial charge in [-0.3, -0.25) is 14.5 Å². The first kappa shape index (κ1) is 17.2. The Labute approximate surface area is 132 Å². The number of carbonyl (C=O) groups is 2. The molecule has 0 bridgehead atoms. The van der Waals surface area contributed by atoms with Crippen molar-refractivity contribution in [1.82, 2.24) is 15.1 Å². The van der Waals surface area contributed by atoms with Crippen LogP contribution in [0.3, 0.4) is 0 Å². The van der Waals surface area contributed by atoms with Crippen molar-refractivity contribution in [2.75, 3.05) is 59.0 Å². The van der Waals surface area contributed by atoms with Gasteiger partial charge in [0.1, 0.15) is 0 Å². The van der Waals surface area contributed by atoms with Gasteiger partial charge < -0.3 is 20.7 Å². The number of carbonyl (C=O) groups excluding carboxylic acids is 2. The molecule has 0 aromatic heterocycles. The highest BCUT2D eigenvalue weighted by Crippen LogP contribution is 2.18. The topological polar surface area (TPSA) is 87.9 Å². The van der Waals surface area contributed by atoms with E-state index >= 15 is 0 Å². The van der Waals surface area contributed by atoms with E-state index in [9.17, 15) is 9.59 Å². The average molecular weight is 312 g/mol. The third-order valence-corrected chi connectivity index (χ3v) is 4.40. The minimum Gasteiger partial charge on any atom is -0.379 e. The smallest absolute Gasteiger partial charge is 0.225 e. The Bertz CT molecular complexity index is 385. The molecule has 2 rings (SSSR count). The molecule has 2 unspecified atom stereocenters. The Morgan fingerprint density at radius 3 is 2.82 bits per heavy atom. The average Bonchev–Trinajstić information content (AvgIpc) is 2.92. The molecule has 7 nitrogen and oxygen atoms in total. The van der Waals surface area contributed by atoms with Crippen LogP contribution in [0.4, 0.5) is 0 Å². The van der Waals surface area contributed by atoms with Crippen LogP contribution in [-0.4, -0.2) is 80.6 Å². The van der Waals surface area contributed by atoms with E-state index in [1.165, 1.54) is 0 Å². The number of likely N-dealkylation sites (tertiary alicyclic amines) is 1. The zero-order chi connectivity index (χ0) is 15.9. The zero-order valence-corrected chi connectivity index (χ0v) is 13.4. The van der Waals surface area contributed by atoms with Crippen molar-refractivity contribution < 1.29 is 14.3 Å². The Balaban J connectivity index is 1.71. The lowest BCUT2D eigenvalue weighted by atomic mass is 10.1. The standard InChI is InChI=1S/C15H28N4O3/c1-12(9-16)10-17-15(21)13-8-14(20)19(11-13)3-2-18-4-6-22-7-5-18/h12-13H,2-11,16H2,1H3,(H,17,21). The van der Waals surface area contributed by atoms with Gasteiger partial charge >= 0.3 is 0 Å². The number of morpholine rings is 1. The number of rotatable bonds is 7. The lowest BCUT2D eigenvalue weighted by Gasteiger charge is -2.28. The van der Waals surface area contributed by atoms with Crippen LogP contribution in [0.15, 0.2) is 0 Å². The summed E-state index contributed by atoms with van der Waals surface area (Å²) in [7, 11) is 0. The van der Waals surface area contributed by atoms with Crippen LogP contribution in [0, 0.1) is 11.8 Å². The van der Waals surface area contributed by atoms with Gasteiger partial charge in [0, 0.05) is 45.7 Å². The molecule has 2 heterocycles. The highest BCUT2D eigenvalue weighted by Gasteiger charge is 2.34. The maximum Gasteiger partial charge on any atom is 0.225 e. The summed E-state index contributed by atoms with van der Waals surface area (Å²) in [5.74, 6) is 0.100. The summed E-state index contributed by atoms with van der Waals surface area (Å²) < 4.78 is 5.31. The Morgan fingerprint density at radius 1 is 1.41 bits per heavy atom. The number of nitrogens with two attached hydrogens (primary N) is 1. The molecule has 0 aromatic rings. The molecule has 7 heteroatoms. The van der Waals surface area contributed by atoms with Gasteiger partial charge in [0.05, 0.1) is 19.1 Å². The lowest BCUT2D eigenvalue weighted by molar-refractivity contribution is -0.129. The second-order valence-electron chi connectivity index (χ2n) is 6.28. The molecule has 0 spiro atoms. The summed E-state index contributed by atoms with van der Waals surface area (Å²) in [6.07, 6.45) is 0.325. The van der Waals surface area contributed by atoms with Gasteiger partial charge in [0.2, 0.25) is 11.8 Å². The van der Waals surface area contributed by atoms with Crippen molar-refractivity contribution in [2.24, 2.45) is 17.6 Å². The van der Waals surface area contributed by atoms with E-state index in [0.29, 0.717) is 32.6 Å². The van der Waals surface area contributed by atoms with Gasteiger partial charge in [-0.1, -0.05) is 6.92 Å². The first-order valence-electron chi connectivity index (χ1n) is 8.15. The van der Waals surface area contributed by atoms with E-state index in [4.69, 9.17) is 10.5 Å². The van der Waals surface area contributed by atoms with Gasteiger partial charge in [0.25, 0.3) is 0 Å². The van der Waals surface area contributed by atoms with Crippen molar-refractivity contribution in [2.45, 2.75) is 13.3 Å². The maximum atomic E-state index is 12.1. The molecule has 2 fully saturated rings. The van der Waals surface area contributed by atoms with Crippen LogP contribution in [-0.2, 0) is 14.3 Å². The van der Waals surface area contributed by atoms with E-state index < -0.39 is 0 Å². The molecule has 2 saturated heterocycles. The number of amides is 2. The summed E-state index contributed by atoms with van der Waals surface area (Å²) in [4.78, 5) is 28.3.